The summed E-state index contributed by atoms with van der Waals surface area (Å²) in [5.41, 5.74) is 0. The Bertz CT molecular complexity index is 202. The summed E-state index contributed by atoms with van der Waals surface area (Å²) < 4.78 is 4.34. The summed E-state index contributed by atoms with van der Waals surface area (Å²) in [7, 11) is 1.26. The molecular formula is C8H13NO4. The van der Waals surface area contributed by atoms with Gasteiger partial charge in [-0.15, -0.1) is 0 Å². The van der Waals surface area contributed by atoms with E-state index >= 15 is 0 Å². The maximum absolute atomic E-state index is 11.0. The summed E-state index contributed by atoms with van der Waals surface area (Å²) in [6, 6.07) is -0.509. The first-order chi connectivity index (χ1) is 6.10. The zero-order chi connectivity index (χ0) is 10.3. The van der Waals surface area contributed by atoms with Gasteiger partial charge in [-0.1, -0.05) is 0 Å². The lowest BCUT2D eigenvalue weighted by Gasteiger charge is -2.05. The van der Waals surface area contributed by atoms with E-state index in [0.29, 0.717) is 6.29 Å². The van der Waals surface area contributed by atoms with Gasteiger partial charge in [-0.05, 0) is 6.92 Å². The molecule has 0 heterocycles. The first-order valence-electron chi connectivity index (χ1n) is 3.91. The third-order valence-corrected chi connectivity index (χ3v) is 1.38. The average Bonchev–Trinajstić information content (AvgIpc) is 2.13. The van der Waals surface area contributed by atoms with Crippen LogP contribution in [0.5, 0.6) is 0 Å². The number of ether oxygens (including phenoxy) is 1. The van der Waals surface area contributed by atoms with Gasteiger partial charge in [-0.3, -0.25) is 9.59 Å². The molecule has 1 atom stereocenters. The molecule has 0 spiro atoms. The molecule has 0 aliphatic carbocycles. The van der Waals surface area contributed by atoms with Gasteiger partial charge in [0.15, 0.2) is 0 Å². The molecule has 1 N–H and O–H groups in total. The Hall–Kier alpha value is -1.39. The molecule has 0 aliphatic rings. The number of carbonyl (C=O) groups excluding carboxylic acids is 3. The largest absolute Gasteiger partial charge is 0.469 e. The Kier molecular flexibility index (Phi) is 5.50. The minimum Gasteiger partial charge on any atom is -0.469 e. The minimum absolute atomic E-state index is 0.0356. The van der Waals surface area contributed by atoms with Crippen LogP contribution in [0.1, 0.15) is 19.8 Å². The zero-order valence-corrected chi connectivity index (χ0v) is 7.70. The highest BCUT2D eigenvalue weighted by molar-refractivity contribution is 5.83. The van der Waals surface area contributed by atoms with Gasteiger partial charge >= 0.3 is 5.97 Å². The predicted molar refractivity (Wildman–Crippen MR) is 44.9 cm³/mol. The van der Waals surface area contributed by atoms with Crippen molar-refractivity contribution in [3.05, 3.63) is 0 Å². The summed E-state index contributed by atoms with van der Waals surface area (Å²) in [6.07, 6.45) is 0.703. The molecule has 0 fully saturated rings. The second kappa shape index (κ2) is 6.16. The molecule has 13 heavy (non-hydrogen) atoms. The lowest BCUT2D eigenvalue weighted by Crippen LogP contribution is -2.33. The first-order valence-corrected chi connectivity index (χ1v) is 3.91. The number of esters is 1. The van der Waals surface area contributed by atoms with Crippen LogP contribution in [0, 0.1) is 0 Å². The van der Waals surface area contributed by atoms with Crippen molar-refractivity contribution >= 4 is 18.2 Å². The molecule has 0 aliphatic heterocycles. The molecule has 5 heteroatoms. The van der Waals surface area contributed by atoms with Gasteiger partial charge in [0.25, 0.3) is 0 Å². The molecule has 0 aromatic heterocycles. The van der Waals surface area contributed by atoms with Crippen molar-refractivity contribution < 1.29 is 19.1 Å². The third kappa shape index (κ3) is 5.84. The van der Waals surface area contributed by atoms with Crippen molar-refractivity contribution in [3.8, 4) is 0 Å². The van der Waals surface area contributed by atoms with Crippen LogP contribution in [-0.2, 0) is 19.1 Å². The summed E-state index contributed by atoms with van der Waals surface area (Å²) in [6.45, 7) is 1.56. The molecule has 5 nitrogen and oxygen atoms in total. The van der Waals surface area contributed by atoms with Crippen molar-refractivity contribution in [2.45, 2.75) is 25.8 Å². The first kappa shape index (κ1) is 11.6. The molecular weight excluding hydrogens is 174 g/mol. The highest BCUT2D eigenvalue weighted by atomic mass is 16.5. The Morgan fingerprint density at radius 2 is 2.08 bits per heavy atom. The van der Waals surface area contributed by atoms with Crippen LogP contribution in [0.4, 0.5) is 0 Å². The monoisotopic (exact) mass is 187 g/mol. The Morgan fingerprint density at radius 1 is 1.46 bits per heavy atom. The van der Waals surface area contributed by atoms with E-state index in [1.165, 1.54) is 7.11 Å². The summed E-state index contributed by atoms with van der Waals surface area (Å²) >= 11 is 0. The number of rotatable bonds is 5. The van der Waals surface area contributed by atoms with Crippen molar-refractivity contribution in [1.82, 2.24) is 5.32 Å². The van der Waals surface area contributed by atoms with E-state index in [-0.39, 0.29) is 18.7 Å². The van der Waals surface area contributed by atoms with E-state index in [4.69, 9.17) is 0 Å². The number of hydrogen-bond donors (Lipinski definition) is 1. The number of carbonyl (C=O) groups is 3. The molecule has 0 aromatic rings. The maximum Gasteiger partial charge on any atom is 0.306 e. The summed E-state index contributed by atoms with van der Waals surface area (Å²) in [4.78, 5) is 31.7. The maximum atomic E-state index is 11.0. The molecule has 0 radical (unpaired) electrons. The second-order valence-corrected chi connectivity index (χ2v) is 2.57. The van der Waals surface area contributed by atoms with E-state index in [2.05, 4.69) is 10.1 Å². The number of amides is 1. The SMILES string of the molecule is COC(=O)CCC(=O)N[C@@H](C)C=O. The van der Waals surface area contributed by atoms with Crippen LogP contribution in [0.25, 0.3) is 0 Å². The zero-order valence-electron chi connectivity index (χ0n) is 7.70. The van der Waals surface area contributed by atoms with Crippen LogP contribution in [-0.4, -0.2) is 31.3 Å². The van der Waals surface area contributed by atoms with Crippen LogP contribution >= 0.6 is 0 Å². The lowest BCUT2D eigenvalue weighted by molar-refractivity contribution is -0.142. The Morgan fingerprint density at radius 3 is 2.54 bits per heavy atom. The number of aldehydes is 1. The number of hydrogen-bond acceptors (Lipinski definition) is 4. The van der Waals surface area contributed by atoms with Gasteiger partial charge in [0, 0.05) is 6.42 Å². The van der Waals surface area contributed by atoms with E-state index in [1.807, 2.05) is 0 Å². The van der Waals surface area contributed by atoms with Crippen molar-refractivity contribution in [2.75, 3.05) is 7.11 Å². The molecule has 0 bridgehead atoms. The molecule has 74 valence electrons. The van der Waals surface area contributed by atoms with Gasteiger partial charge in [0.1, 0.15) is 6.29 Å². The van der Waals surface area contributed by atoms with Gasteiger partial charge in [0.2, 0.25) is 5.91 Å². The number of nitrogens with one attached hydrogen (secondary N) is 1. The van der Waals surface area contributed by atoms with E-state index in [9.17, 15) is 14.4 Å². The van der Waals surface area contributed by atoms with E-state index in [0.717, 1.165) is 0 Å². The van der Waals surface area contributed by atoms with Crippen LogP contribution in [0.15, 0.2) is 0 Å². The Labute approximate surface area is 76.4 Å². The Balaban J connectivity index is 3.63. The van der Waals surface area contributed by atoms with Gasteiger partial charge < -0.3 is 14.8 Å². The fourth-order valence-corrected chi connectivity index (χ4v) is 0.678. The lowest BCUT2D eigenvalue weighted by atomic mass is 10.3. The van der Waals surface area contributed by atoms with Crippen molar-refractivity contribution in [1.29, 1.82) is 0 Å². The van der Waals surface area contributed by atoms with Crippen LogP contribution in [0.3, 0.4) is 0 Å². The topological polar surface area (TPSA) is 72.5 Å². The quantitative estimate of drug-likeness (QED) is 0.471. The molecule has 0 saturated heterocycles. The molecule has 0 aromatic carbocycles. The molecule has 1 amide bonds. The predicted octanol–water partition coefficient (Wildman–Crippen LogP) is -0.357. The minimum atomic E-state index is -0.509. The smallest absolute Gasteiger partial charge is 0.306 e. The second-order valence-electron chi connectivity index (χ2n) is 2.57. The summed E-state index contributed by atoms with van der Waals surface area (Å²) in [5, 5.41) is 2.39. The van der Waals surface area contributed by atoms with E-state index < -0.39 is 12.0 Å². The highest BCUT2D eigenvalue weighted by Crippen LogP contribution is 1.92. The fraction of sp³-hybridized carbons (Fsp3) is 0.625. The van der Waals surface area contributed by atoms with Gasteiger partial charge in [-0.25, -0.2) is 0 Å². The normalized spacial score (nSPS) is 11.5. The van der Waals surface area contributed by atoms with Gasteiger partial charge in [-0.2, -0.15) is 0 Å². The molecule has 0 unspecified atom stereocenters. The summed E-state index contributed by atoms with van der Waals surface area (Å²) in [5.74, 6) is -0.765. The average molecular weight is 187 g/mol. The highest BCUT2D eigenvalue weighted by Gasteiger charge is 2.08. The van der Waals surface area contributed by atoms with Crippen LogP contribution < -0.4 is 5.32 Å². The fourth-order valence-electron chi connectivity index (χ4n) is 0.678. The standard InChI is InChI=1S/C8H13NO4/c1-6(5-10)9-7(11)3-4-8(12)13-2/h5-6H,3-4H2,1-2H3,(H,9,11)/t6-/m0/s1. The van der Waals surface area contributed by atoms with E-state index in [1.54, 1.807) is 6.92 Å². The van der Waals surface area contributed by atoms with Gasteiger partial charge in [0.05, 0.1) is 19.6 Å². The molecule has 0 rings (SSSR count). The molecule has 0 saturated carbocycles. The van der Waals surface area contributed by atoms with Crippen molar-refractivity contribution in [3.63, 3.8) is 0 Å². The van der Waals surface area contributed by atoms with Crippen molar-refractivity contribution in [2.24, 2.45) is 0 Å². The third-order valence-electron chi connectivity index (χ3n) is 1.38. The number of methoxy groups -OCH3 is 1. The van der Waals surface area contributed by atoms with Crippen LogP contribution in [0.2, 0.25) is 0 Å².